The summed E-state index contributed by atoms with van der Waals surface area (Å²) in [6.07, 6.45) is 3.68. The van der Waals surface area contributed by atoms with E-state index in [0.29, 0.717) is 28.5 Å². The minimum atomic E-state index is -0.428. The number of aromatic nitrogens is 1. The lowest BCUT2D eigenvalue weighted by atomic mass is 10.1. The molecule has 0 spiro atoms. The number of hydrogen-bond donors (Lipinski definition) is 0. The Kier molecular flexibility index (Phi) is 6.29. The van der Waals surface area contributed by atoms with Crippen LogP contribution in [0.4, 0.5) is 0 Å². The van der Waals surface area contributed by atoms with Crippen LogP contribution in [-0.4, -0.2) is 24.0 Å². The zero-order valence-electron chi connectivity index (χ0n) is 16.1. The summed E-state index contributed by atoms with van der Waals surface area (Å²) in [5.41, 5.74) is 2.10. The molecule has 2 aromatic carbocycles. The van der Waals surface area contributed by atoms with Gasteiger partial charge in [-0.1, -0.05) is 40.2 Å². The number of halogens is 1. The molecule has 0 amide bonds. The maximum atomic E-state index is 11.3. The standard InChI is InChI=1S/C22H18BrNO5/c1-13(25)28-19-6-4-5-15-7-9-17(24-22(15)19)10-8-16-11-20(27-3)21(12-18(16)23)29-14(2)26/h4-12H,1-3H3/b10-8+. The van der Waals surface area contributed by atoms with Crippen molar-refractivity contribution in [3.63, 3.8) is 0 Å². The Bertz CT molecular complexity index is 1120. The lowest BCUT2D eigenvalue weighted by molar-refractivity contribution is -0.132. The third kappa shape index (κ3) is 5.00. The van der Waals surface area contributed by atoms with Gasteiger partial charge in [-0.05, 0) is 35.9 Å². The highest BCUT2D eigenvalue weighted by atomic mass is 79.9. The molecule has 0 bridgehead atoms. The highest BCUT2D eigenvalue weighted by Crippen LogP contribution is 2.34. The Morgan fingerprint density at radius 2 is 1.66 bits per heavy atom. The second kappa shape index (κ2) is 8.87. The highest BCUT2D eigenvalue weighted by molar-refractivity contribution is 9.10. The number of carbonyl (C=O) groups is 2. The Hall–Kier alpha value is -3.19. The molecular weight excluding hydrogens is 438 g/mol. The number of methoxy groups -OCH3 is 1. The van der Waals surface area contributed by atoms with Crippen molar-refractivity contribution in [2.75, 3.05) is 7.11 Å². The predicted octanol–water partition coefficient (Wildman–Crippen LogP) is 5.03. The zero-order valence-corrected chi connectivity index (χ0v) is 17.6. The third-order valence-electron chi connectivity index (χ3n) is 3.93. The van der Waals surface area contributed by atoms with Crippen molar-refractivity contribution >= 4 is 50.9 Å². The molecule has 3 aromatic rings. The number of para-hydroxylation sites is 1. The quantitative estimate of drug-likeness (QED) is 0.396. The van der Waals surface area contributed by atoms with Crippen LogP contribution in [0.15, 0.2) is 46.9 Å². The van der Waals surface area contributed by atoms with E-state index < -0.39 is 11.9 Å². The van der Waals surface area contributed by atoms with E-state index >= 15 is 0 Å². The molecule has 3 rings (SSSR count). The summed E-state index contributed by atoms with van der Waals surface area (Å²) in [5.74, 6) is 0.357. The van der Waals surface area contributed by atoms with Crippen molar-refractivity contribution < 1.29 is 23.8 Å². The molecule has 0 radical (unpaired) electrons. The first-order chi connectivity index (χ1) is 13.9. The molecule has 0 saturated heterocycles. The van der Waals surface area contributed by atoms with Crippen molar-refractivity contribution in [1.29, 1.82) is 0 Å². The van der Waals surface area contributed by atoms with Crippen molar-refractivity contribution in [1.82, 2.24) is 4.98 Å². The normalized spacial score (nSPS) is 10.9. The van der Waals surface area contributed by atoms with Gasteiger partial charge in [-0.15, -0.1) is 0 Å². The molecule has 0 atom stereocenters. The lowest BCUT2D eigenvalue weighted by Gasteiger charge is -2.10. The van der Waals surface area contributed by atoms with Crippen LogP contribution in [-0.2, 0) is 9.59 Å². The molecule has 6 nitrogen and oxygen atoms in total. The number of nitrogens with zero attached hydrogens (tertiary/aromatic N) is 1. The van der Waals surface area contributed by atoms with Crippen molar-refractivity contribution in [2.45, 2.75) is 13.8 Å². The average Bonchev–Trinajstić information content (AvgIpc) is 2.67. The Morgan fingerprint density at radius 1 is 0.931 bits per heavy atom. The van der Waals surface area contributed by atoms with Crippen LogP contribution in [0.5, 0.6) is 17.2 Å². The maximum absolute atomic E-state index is 11.3. The number of pyridine rings is 1. The smallest absolute Gasteiger partial charge is 0.308 e. The molecule has 0 N–H and O–H groups in total. The molecule has 0 unspecified atom stereocenters. The molecule has 0 aliphatic heterocycles. The summed E-state index contributed by atoms with van der Waals surface area (Å²) in [4.78, 5) is 27.2. The summed E-state index contributed by atoms with van der Waals surface area (Å²) >= 11 is 3.48. The van der Waals surface area contributed by atoms with Crippen LogP contribution in [0, 0.1) is 0 Å². The van der Waals surface area contributed by atoms with Crippen LogP contribution in [0.25, 0.3) is 23.1 Å². The van der Waals surface area contributed by atoms with Crippen molar-refractivity contribution in [3.05, 3.63) is 58.2 Å². The minimum absolute atomic E-state index is 0.332. The lowest BCUT2D eigenvalue weighted by Crippen LogP contribution is -2.03. The van der Waals surface area contributed by atoms with Crippen LogP contribution >= 0.6 is 15.9 Å². The molecule has 29 heavy (non-hydrogen) atoms. The molecule has 1 heterocycles. The van der Waals surface area contributed by atoms with Crippen LogP contribution in [0.3, 0.4) is 0 Å². The van der Waals surface area contributed by atoms with Crippen molar-refractivity contribution in [3.8, 4) is 17.2 Å². The summed E-state index contributed by atoms with van der Waals surface area (Å²) in [5, 5.41) is 0.870. The summed E-state index contributed by atoms with van der Waals surface area (Å²) in [6.45, 7) is 2.68. The molecule has 148 valence electrons. The first-order valence-electron chi connectivity index (χ1n) is 8.69. The fourth-order valence-corrected chi connectivity index (χ4v) is 3.17. The Balaban J connectivity index is 1.96. The van der Waals surface area contributed by atoms with E-state index in [1.54, 1.807) is 18.2 Å². The zero-order chi connectivity index (χ0) is 21.0. The summed E-state index contributed by atoms with van der Waals surface area (Å²) in [6, 6.07) is 12.6. The second-order valence-electron chi connectivity index (χ2n) is 6.11. The molecule has 0 aliphatic rings. The van der Waals surface area contributed by atoms with E-state index in [9.17, 15) is 9.59 Å². The molecule has 0 fully saturated rings. The summed E-state index contributed by atoms with van der Waals surface area (Å²) < 4.78 is 16.4. The van der Waals surface area contributed by atoms with E-state index in [2.05, 4.69) is 20.9 Å². The number of rotatable bonds is 5. The predicted molar refractivity (Wildman–Crippen MR) is 114 cm³/mol. The molecule has 1 aromatic heterocycles. The number of esters is 2. The number of carbonyl (C=O) groups excluding carboxylic acids is 2. The van der Waals surface area contributed by atoms with E-state index in [-0.39, 0.29) is 0 Å². The molecular formula is C22H18BrNO5. The topological polar surface area (TPSA) is 74.7 Å². The van der Waals surface area contributed by atoms with Gasteiger partial charge < -0.3 is 14.2 Å². The molecule has 0 aliphatic carbocycles. The maximum Gasteiger partial charge on any atom is 0.308 e. The number of hydrogen-bond acceptors (Lipinski definition) is 6. The number of ether oxygens (including phenoxy) is 3. The van der Waals surface area contributed by atoms with Gasteiger partial charge in [-0.3, -0.25) is 9.59 Å². The fraction of sp³-hybridized carbons (Fsp3) is 0.136. The SMILES string of the molecule is COc1cc(/C=C/c2ccc3cccc(OC(C)=O)c3n2)c(Br)cc1OC(C)=O. The van der Waals surface area contributed by atoms with E-state index in [0.717, 1.165) is 15.4 Å². The monoisotopic (exact) mass is 455 g/mol. The van der Waals surface area contributed by atoms with Crippen LogP contribution < -0.4 is 14.2 Å². The molecule has 7 heteroatoms. The second-order valence-corrected chi connectivity index (χ2v) is 6.96. The summed E-state index contributed by atoms with van der Waals surface area (Å²) in [7, 11) is 1.51. The van der Waals surface area contributed by atoms with Gasteiger partial charge in [0, 0.05) is 23.7 Å². The largest absolute Gasteiger partial charge is 0.493 e. The van der Waals surface area contributed by atoms with E-state index in [1.807, 2.05) is 36.4 Å². The first kappa shape index (κ1) is 20.5. The number of fused-ring (bicyclic) bond motifs is 1. The van der Waals surface area contributed by atoms with Gasteiger partial charge in [-0.2, -0.15) is 0 Å². The van der Waals surface area contributed by atoms with Gasteiger partial charge in [0.05, 0.1) is 12.8 Å². The van der Waals surface area contributed by atoms with Gasteiger partial charge in [-0.25, -0.2) is 4.98 Å². The van der Waals surface area contributed by atoms with E-state index in [1.165, 1.54) is 21.0 Å². The first-order valence-corrected chi connectivity index (χ1v) is 9.49. The minimum Gasteiger partial charge on any atom is -0.493 e. The fourth-order valence-electron chi connectivity index (χ4n) is 2.71. The van der Waals surface area contributed by atoms with Gasteiger partial charge in [0.2, 0.25) is 0 Å². The van der Waals surface area contributed by atoms with Gasteiger partial charge in [0.15, 0.2) is 17.2 Å². The van der Waals surface area contributed by atoms with Gasteiger partial charge in [0.1, 0.15) is 5.52 Å². The van der Waals surface area contributed by atoms with E-state index in [4.69, 9.17) is 14.2 Å². The van der Waals surface area contributed by atoms with Gasteiger partial charge >= 0.3 is 11.9 Å². The highest BCUT2D eigenvalue weighted by Gasteiger charge is 2.11. The Morgan fingerprint density at radius 3 is 2.34 bits per heavy atom. The third-order valence-corrected chi connectivity index (χ3v) is 4.62. The van der Waals surface area contributed by atoms with Crippen molar-refractivity contribution in [2.24, 2.45) is 0 Å². The van der Waals surface area contributed by atoms with Gasteiger partial charge in [0.25, 0.3) is 0 Å². The Labute approximate surface area is 176 Å². The average molecular weight is 456 g/mol. The molecule has 0 saturated carbocycles. The van der Waals surface area contributed by atoms with Crippen LogP contribution in [0.1, 0.15) is 25.1 Å². The number of benzene rings is 2. The van der Waals surface area contributed by atoms with Crippen LogP contribution in [0.2, 0.25) is 0 Å².